The zero-order valence-corrected chi connectivity index (χ0v) is 20.1. The summed E-state index contributed by atoms with van der Waals surface area (Å²) in [5, 5.41) is 4.07. The standard InChI is InChI=1S/C27H26FN3O3S/c1-30-15-13-22-17-21(7-12-25(22)30)20-5-2-4-19(16-20)18-29-27(32)26-6-3-14-31(26)35(33,34)24-10-8-23(28)9-11-24/h2,4-5,7-13,15-17,26H,3,6,14,18H2,1H3,(H,29,32)/t26-/m0/s1. The highest BCUT2D eigenvalue weighted by Gasteiger charge is 2.39. The third kappa shape index (κ3) is 4.59. The first kappa shape index (κ1) is 23.3. The van der Waals surface area contributed by atoms with Crippen LogP contribution in [0.2, 0.25) is 0 Å². The van der Waals surface area contributed by atoms with Crippen LogP contribution < -0.4 is 5.32 Å². The second-order valence-corrected chi connectivity index (χ2v) is 10.7. The van der Waals surface area contributed by atoms with Crippen molar-refractivity contribution in [3.63, 3.8) is 0 Å². The Morgan fingerprint density at radius 2 is 1.80 bits per heavy atom. The minimum Gasteiger partial charge on any atom is -0.351 e. The average molecular weight is 492 g/mol. The van der Waals surface area contributed by atoms with Crippen LogP contribution in [0, 0.1) is 5.82 Å². The summed E-state index contributed by atoms with van der Waals surface area (Å²) in [7, 11) is -1.87. The maximum atomic E-state index is 13.3. The molecule has 0 unspecified atom stereocenters. The van der Waals surface area contributed by atoms with Gasteiger partial charge >= 0.3 is 0 Å². The minimum absolute atomic E-state index is 0.0123. The number of halogens is 1. The highest BCUT2D eigenvalue weighted by atomic mass is 32.2. The molecule has 0 aliphatic carbocycles. The van der Waals surface area contributed by atoms with Crippen molar-refractivity contribution in [1.82, 2.24) is 14.2 Å². The summed E-state index contributed by atoms with van der Waals surface area (Å²) in [6, 6.07) is 20.3. The molecule has 1 N–H and O–H groups in total. The largest absolute Gasteiger partial charge is 0.351 e. The van der Waals surface area contributed by atoms with Crippen LogP contribution >= 0.6 is 0 Å². The Hall–Kier alpha value is -3.49. The fourth-order valence-corrected chi connectivity index (χ4v) is 6.32. The van der Waals surface area contributed by atoms with E-state index >= 15 is 0 Å². The lowest BCUT2D eigenvalue weighted by Crippen LogP contribution is -2.45. The molecule has 0 spiro atoms. The molecule has 1 saturated heterocycles. The van der Waals surface area contributed by atoms with Crippen LogP contribution in [0.4, 0.5) is 4.39 Å². The van der Waals surface area contributed by atoms with Crippen molar-refractivity contribution in [2.45, 2.75) is 30.3 Å². The topological polar surface area (TPSA) is 71.4 Å². The lowest BCUT2D eigenvalue weighted by atomic mass is 10.0. The number of rotatable bonds is 6. The molecule has 1 atom stereocenters. The Bertz CT molecular complexity index is 1500. The molecule has 0 radical (unpaired) electrons. The van der Waals surface area contributed by atoms with Gasteiger partial charge in [0.15, 0.2) is 0 Å². The Morgan fingerprint density at radius 3 is 2.60 bits per heavy atom. The molecule has 35 heavy (non-hydrogen) atoms. The molecule has 8 heteroatoms. The van der Waals surface area contributed by atoms with E-state index in [2.05, 4.69) is 34.1 Å². The molecule has 1 amide bonds. The molecule has 0 bridgehead atoms. The molecule has 5 rings (SSSR count). The summed E-state index contributed by atoms with van der Waals surface area (Å²) >= 11 is 0. The van der Waals surface area contributed by atoms with E-state index in [0.29, 0.717) is 19.4 Å². The van der Waals surface area contributed by atoms with E-state index in [9.17, 15) is 17.6 Å². The van der Waals surface area contributed by atoms with Crippen molar-refractivity contribution in [1.29, 1.82) is 0 Å². The van der Waals surface area contributed by atoms with Gasteiger partial charge in [0.05, 0.1) is 4.90 Å². The van der Waals surface area contributed by atoms with E-state index in [-0.39, 0.29) is 17.3 Å². The van der Waals surface area contributed by atoms with Crippen LogP contribution in [0.15, 0.2) is 83.9 Å². The van der Waals surface area contributed by atoms with Crippen LogP contribution in [0.5, 0.6) is 0 Å². The number of nitrogens with one attached hydrogen (secondary N) is 1. The zero-order valence-electron chi connectivity index (χ0n) is 19.3. The lowest BCUT2D eigenvalue weighted by molar-refractivity contribution is -0.124. The van der Waals surface area contributed by atoms with Crippen LogP contribution in [0.25, 0.3) is 22.0 Å². The Morgan fingerprint density at radius 1 is 1.03 bits per heavy atom. The molecule has 0 saturated carbocycles. The van der Waals surface area contributed by atoms with E-state index in [0.717, 1.165) is 39.7 Å². The van der Waals surface area contributed by atoms with Gasteiger partial charge in [-0.25, -0.2) is 12.8 Å². The summed E-state index contributed by atoms with van der Waals surface area (Å²) in [6.45, 7) is 0.552. The quantitative estimate of drug-likeness (QED) is 0.433. The summed E-state index contributed by atoms with van der Waals surface area (Å²) in [5.41, 5.74) is 4.22. The summed E-state index contributed by atoms with van der Waals surface area (Å²) < 4.78 is 42.7. The van der Waals surface area contributed by atoms with Crippen molar-refractivity contribution < 1.29 is 17.6 Å². The van der Waals surface area contributed by atoms with Crippen molar-refractivity contribution in [2.75, 3.05) is 6.54 Å². The van der Waals surface area contributed by atoms with Gasteiger partial charge in [-0.1, -0.05) is 24.3 Å². The summed E-state index contributed by atoms with van der Waals surface area (Å²) in [4.78, 5) is 13.0. The molecule has 3 aromatic carbocycles. The lowest BCUT2D eigenvalue weighted by Gasteiger charge is -2.23. The molecular formula is C27H26FN3O3S. The number of sulfonamides is 1. The zero-order chi connectivity index (χ0) is 24.6. The molecule has 2 heterocycles. The Balaban J connectivity index is 1.29. The maximum Gasteiger partial charge on any atom is 0.243 e. The number of aryl methyl sites for hydroxylation is 1. The number of nitrogens with zero attached hydrogens (tertiary/aromatic N) is 2. The number of carbonyl (C=O) groups excluding carboxylic acids is 1. The van der Waals surface area contributed by atoms with Gasteiger partial charge in [0.2, 0.25) is 15.9 Å². The van der Waals surface area contributed by atoms with Gasteiger partial charge in [-0.15, -0.1) is 0 Å². The minimum atomic E-state index is -3.89. The van der Waals surface area contributed by atoms with Crippen molar-refractivity contribution in [3.05, 3.63) is 90.4 Å². The third-order valence-corrected chi connectivity index (χ3v) is 8.46. The van der Waals surface area contributed by atoms with Gasteiger partial charge in [-0.2, -0.15) is 4.31 Å². The molecule has 1 aliphatic heterocycles. The monoisotopic (exact) mass is 491 g/mol. The smallest absolute Gasteiger partial charge is 0.243 e. The number of hydrogen-bond donors (Lipinski definition) is 1. The fraction of sp³-hybridized carbons (Fsp3) is 0.222. The van der Waals surface area contributed by atoms with Gasteiger partial charge in [-0.05, 0) is 78.1 Å². The van der Waals surface area contributed by atoms with Crippen molar-refractivity contribution in [2.24, 2.45) is 7.05 Å². The van der Waals surface area contributed by atoms with E-state index in [1.807, 2.05) is 37.5 Å². The van der Waals surface area contributed by atoms with Crippen molar-refractivity contribution >= 4 is 26.8 Å². The first-order valence-electron chi connectivity index (χ1n) is 11.5. The molecule has 1 aromatic heterocycles. The molecule has 180 valence electrons. The number of amides is 1. The van der Waals surface area contributed by atoms with E-state index in [4.69, 9.17) is 0 Å². The fourth-order valence-electron chi connectivity index (χ4n) is 4.66. The van der Waals surface area contributed by atoms with Crippen LogP contribution in [-0.4, -0.2) is 35.8 Å². The maximum absolute atomic E-state index is 13.3. The highest BCUT2D eigenvalue weighted by molar-refractivity contribution is 7.89. The molecule has 4 aromatic rings. The first-order valence-corrected chi connectivity index (χ1v) is 13.0. The molecule has 6 nitrogen and oxygen atoms in total. The normalized spacial score (nSPS) is 16.6. The number of carbonyl (C=O) groups is 1. The predicted molar refractivity (Wildman–Crippen MR) is 134 cm³/mol. The van der Waals surface area contributed by atoms with Crippen LogP contribution in [0.1, 0.15) is 18.4 Å². The highest BCUT2D eigenvalue weighted by Crippen LogP contribution is 2.28. The summed E-state index contributed by atoms with van der Waals surface area (Å²) in [5.74, 6) is -0.838. The van der Waals surface area contributed by atoms with Gasteiger partial charge in [0, 0.05) is 37.2 Å². The second-order valence-electron chi connectivity index (χ2n) is 8.85. The van der Waals surface area contributed by atoms with E-state index in [1.165, 1.54) is 16.4 Å². The average Bonchev–Trinajstić information content (AvgIpc) is 3.51. The second kappa shape index (κ2) is 9.28. The van der Waals surface area contributed by atoms with Gasteiger partial charge < -0.3 is 9.88 Å². The Labute approximate surface area is 204 Å². The predicted octanol–water partition coefficient (Wildman–Crippen LogP) is 4.45. The number of aromatic nitrogens is 1. The van der Waals surface area contributed by atoms with Crippen LogP contribution in [-0.2, 0) is 28.4 Å². The van der Waals surface area contributed by atoms with Crippen molar-refractivity contribution in [3.8, 4) is 11.1 Å². The van der Waals surface area contributed by atoms with E-state index in [1.54, 1.807) is 0 Å². The van der Waals surface area contributed by atoms with E-state index < -0.39 is 21.9 Å². The number of hydrogen-bond acceptors (Lipinski definition) is 3. The molecule has 1 fully saturated rings. The molecule has 1 aliphatic rings. The van der Waals surface area contributed by atoms with Gasteiger partial charge in [-0.3, -0.25) is 4.79 Å². The summed E-state index contributed by atoms with van der Waals surface area (Å²) in [6.07, 6.45) is 3.07. The van der Waals surface area contributed by atoms with Gasteiger partial charge in [0.25, 0.3) is 0 Å². The number of benzene rings is 3. The number of fused-ring (bicyclic) bond motifs is 1. The van der Waals surface area contributed by atoms with Crippen LogP contribution in [0.3, 0.4) is 0 Å². The third-order valence-electron chi connectivity index (χ3n) is 6.54. The van der Waals surface area contributed by atoms with Gasteiger partial charge in [0.1, 0.15) is 11.9 Å². The Kier molecular flexibility index (Phi) is 6.17. The molecular weight excluding hydrogens is 465 g/mol. The first-order chi connectivity index (χ1) is 16.8. The SMILES string of the molecule is Cn1ccc2cc(-c3cccc(CNC(=O)[C@@H]4CCCN4S(=O)(=O)c4ccc(F)cc4)c3)ccc21.